The van der Waals surface area contributed by atoms with E-state index in [0.29, 0.717) is 0 Å². The van der Waals surface area contributed by atoms with Crippen LogP contribution in [-0.4, -0.2) is 10.2 Å². The van der Waals surface area contributed by atoms with Crippen molar-refractivity contribution in [3.8, 4) is 0 Å². The molecule has 0 radical (unpaired) electrons. The third kappa shape index (κ3) is 4.01. The van der Waals surface area contributed by atoms with E-state index in [-0.39, 0.29) is 44.0 Å². The Kier molecular flexibility index (Phi) is 12.8. The largest absolute Gasteiger partial charge is 4.00 e. The third-order valence-electron chi connectivity index (χ3n) is 3.18. The van der Waals surface area contributed by atoms with Gasteiger partial charge < -0.3 is 22.3 Å². The van der Waals surface area contributed by atoms with Crippen molar-refractivity contribution in [2.45, 2.75) is 38.7 Å². The van der Waals surface area contributed by atoms with Crippen LogP contribution in [0.25, 0.3) is 0 Å². The van der Waals surface area contributed by atoms with E-state index in [9.17, 15) is 0 Å². The van der Waals surface area contributed by atoms with Crippen LogP contribution in [0.4, 0.5) is 0 Å². The van der Waals surface area contributed by atoms with Gasteiger partial charge in [-0.2, -0.15) is 11.1 Å². The van der Waals surface area contributed by atoms with E-state index in [1.807, 2.05) is 0 Å². The minimum atomic E-state index is 0. The molecule has 0 bridgehead atoms. The Labute approximate surface area is 121 Å². The molecule has 0 saturated carbocycles. The molecule has 0 N–H and O–H groups in total. The summed E-state index contributed by atoms with van der Waals surface area (Å²) in [6.07, 6.45) is 9.16. The summed E-state index contributed by atoms with van der Waals surface area (Å²) in [6.45, 7) is 2.25. The monoisotopic (exact) mass is 270 g/mol. The first kappa shape index (κ1) is 21.7. The first-order valence-corrected chi connectivity index (χ1v) is 6.56. The minimum absolute atomic E-state index is 0. The smallest absolute Gasteiger partial charge is 0.358 e. The average Bonchev–Trinajstić information content (AvgIpc) is 2.44. The van der Waals surface area contributed by atoms with Crippen LogP contribution < -0.4 is 0 Å². The van der Waals surface area contributed by atoms with Gasteiger partial charge in [-0.15, -0.1) is 0 Å². The van der Waals surface area contributed by atoms with Crippen molar-refractivity contribution in [1.82, 2.24) is 0 Å². The average molecular weight is 270 g/mol. The molecule has 90 valence electrons. The van der Waals surface area contributed by atoms with Gasteiger partial charge in [-0.1, -0.05) is 38.1 Å². The molecule has 2 heteroatoms. The van der Waals surface area contributed by atoms with E-state index in [4.69, 9.17) is 0 Å². The van der Waals surface area contributed by atoms with Gasteiger partial charge in [0.05, 0.1) is 0 Å². The number of hydrogen-bond donors (Lipinski definition) is 0. The van der Waals surface area contributed by atoms with Gasteiger partial charge in [0.15, 0.2) is 0 Å². The summed E-state index contributed by atoms with van der Waals surface area (Å²) in [7, 11) is 1.32. The van der Waals surface area contributed by atoms with Gasteiger partial charge in [-0.05, 0) is 6.42 Å². The van der Waals surface area contributed by atoms with Crippen LogP contribution in [-0.2, 0) is 21.7 Å². The zero-order valence-electron chi connectivity index (χ0n) is 11.6. The Bertz CT molecular complexity index is 253. The van der Waals surface area contributed by atoms with Crippen LogP contribution in [0.15, 0.2) is 16.7 Å². The maximum absolute atomic E-state index is 3.62. The van der Waals surface area contributed by atoms with Crippen LogP contribution in [0.2, 0.25) is 6.04 Å². The topological polar surface area (TPSA) is 0 Å². The van der Waals surface area contributed by atoms with Crippen LogP contribution in [0.3, 0.4) is 0 Å². The summed E-state index contributed by atoms with van der Waals surface area (Å²) in [5, 5.41) is 0. The normalized spacial score (nSPS) is 21.8. The van der Waals surface area contributed by atoms with E-state index in [1.165, 1.54) is 47.5 Å². The molecule has 2 rings (SSSR count). The number of hydrogen-bond acceptors (Lipinski definition) is 0. The molecule has 0 aromatic carbocycles. The summed E-state index contributed by atoms with van der Waals surface area (Å²) in [5.74, 6) is 0.743. The molecule has 0 nitrogen and oxygen atoms in total. The second-order valence-corrected chi connectivity index (χ2v) is 4.76. The first-order chi connectivity index (χ1) is 5.83. The van der Waals surface area contributed by atoms with Crippen molar-refractivity contribution >= 4 is 10.2 Å². The van der Waals surface area contributed by atoms with Gasteiger partial charge in [-0.3, -0.25) is 6.08 Å². The number of allylic oxidation sites excluding steroid dienone is 4. The van der Waals surface area contributed by atoms with Crippen LogP contribution >= 0.6 is 0 Å². The van der Waals surface area contributed by atoms with Gasteiger partial charge in [0.1, 0.15) is 0 Å². The van der Waals surface area contributed by atoms with Gasteiger partial charge in [0, 0.05) is 10.2 Å². The molecular weight excluding hydrogens is 244 g/mol. The maximum Gasteiger partial charge on any atom is 4.00 e. The molecule has 0 aromatic rings. The molecule has 0 saturated heterocycles. The molecule has 1 atom stereocenters. The molecule has 0 aromatic heterocycles. The summed E-state index contributed by atoms with van der Waals surface area (Å²) in [4.78, 5) is 0. The van der Waals surface area contributed by atoms with Crippen LogP contribution in [0, 0.1) is 34.3 Å². The number of rotatable bonds is 1. The van der Waals surface area contributed by atoms with Crippen molar-refractivity contribution in [1.29, 1.82) is 0 Å². The van der Waals surface area contributed by atoms with Crippen molar-refractivity contribution in [3.05, 3.63) is 45.1 Å². The van der Waals surface area contributed by atoms with E-state index >= 15 is 0 Å². The third-order valence-corrected chi connectivity index (χ3v) is 4.00. The molecule has 0 amide bonds. The molecule has 0 aliphatic heterocycles. The summed E-state index contributed by atoms with van der Waals surface area (Å²) >= 11 is 0. The predicted octanol–water partition coefficient (Wildman–Crippen LogP) is 3.37. The summed E-state index contributed by atoms with van der Waals surface area (Å²) in [5.41, 5.74) is 4.92. The summed E-state index contributed by atoms with van der Waals surface area (Å²) < 4.78 is 0. The molecule has 16 heavy (non-hydrogen) atoms. The zero-order valence-corrected chi connectivity index (χ0v) is 15.2. The van der Waals surface area contributed by atoms with Crippen molar-refractivity contribution in [2.24, 2.45) is 5.92 Å². The fraction of sp³-hybridized carbons (Fsp3) is 0.500. The van der Waals surface area contributed by atoms with Crippen LogP contribution in [0.1, 0.15) is 32.6 Å². The minimum Gasteiger partial charge on any atom is -0.358 e. The molecule has 0 fully saturated rings. The van der Waals surface area contributed by atoms with Gasteiger partial charge in [0.2, 0.25) is 0 Å². The SMILES string of the molecule is CC1=[C-]C(C[SiH3])C2=C1CCCC2.[CH3-].[CH3-].[CH3-].[Ti+4]. The quantitative estimate of drug-likeness (QED) is 0.506. The van der Waals surface area contributed by atoms with E-state index in [1.54, 1.807) is 11.1 Å². The maximum atomic E-state index is 3.62. The molecule has 2 aliphatic rings. The molecule has 0 spiro atoms. The Balaban J connectivity index is -0.000000422. The predicted molar refractivity (Wildman–Crippen MR) is 75.4 cm³/mol. The second kappa shape index (κ2) is 9.44. The van der Waals surface area contributed by atoms with Gasteiger partial charge in [-0.25, -0.2) is 5.57 Å². The standard InChI is InChI=1S/C11H17Si.3CH3.Ti/c1-8-6-9(7-12)11-5-3-2-4-10(8)11;;;;/h9H,2-5,7H2,1,12H3;3*1H3;/q4*-1;+4. The zero-order chi connectivity index (χ0) is 8.55. The van der Waals surface area contributed by atoms with Gasteiger partial charge >= 0.3 is 21.7 Å². The molecule has 0 heterocycles. The Morgan fingerprint density at radius 3 is 2.31 bits per heavy atom. The Morgan fingerprint density at radius 2 is 1.75 bits per heavy atom. The van der Waals surface area contributed by atoms with Crippen molar-refractivity contribution < 1.29 is 21.7 Å². The fourth-order valence-corrected chi connectivity index (χ4v) is 3.22. The van der Waals surface area contributed by atoms with E-state index in [2.05, 4.69) is 13.0 Å². The van der Waals surface area contributed by atoms with E-state index < -0.39 is 0 Å². The van der Waals surface area contributed by atoms with Crippen LogP contribution in [0.5, 0.6) is 0 Å². The fourth-order valence-electron chi connectivity index (χ4n) is 2.53. The summed E-state index contributed by atoms with van der Waals surface area (Å²) in [6, 6.07) is 1.39. The first-order valence-electron chi connectivity index (χ1n) is 5.15. The molecule has 2 aliphatic carbocycles. The Hall–Kier alpha value is 0.411. The Morgan fingerprint density at radius 1 is 1.19 bits per heavy atom. The van der Waals surface area contributed by atoms with E-state index in [0.717, 1.165) is 5.92 Å². The van der Waals surface area contributed by atoms with Gasteiger partial charge in [0.25, 0.3) is 0 Å². The molecular formula is C14H26SiTi. The van der Waals surface area contributed by atoms with Crippen molar-refractivity contribution in [2.75, 3.05) is 0 Å². The second-order valence-electron chi connectivity index (χ2n) is 3.94. The van der Waals surface area contributed by atoms with Crippen molar-refractivity contribution in [3.63, 3.8) is 0 Å². The molecule has 1 unspecified atom stereocenters.